The normalized spacial score (nSPS) is 16.1. The van der Waals surface area contributed by atoms with Crippen molar-refractivity contribution in [2.45, 2.75) is 25.8 Å². The van der Waals surface area contributed by atoms with Gasteiger partial charge in [-0.3, -0.25) is 4.79 Å². The molecule has 0 atom stereocenters. The van der Waals surface area contributed by atoms with E-state index in [1.807, 2.05) is 6.92 Å². The zero-order valence-electron chi connectivity index (χ0n) is 11.1. The zero-order chi connectivity index (χ0) is 13.7. The lowest BCUT2D eigenvalue weighted by molar-refractivity contribution is 0.0696. The van der Waals surface area contributed by atoms with Gasteiger partial charge in [0.15, 0.2) is 0 Å². The van der Waals surface area contributed by atoms with Crippen molar-refractivity contribution in [3.8, 4) is 5.75 Å². The number of hydrogen-bond donors (Lipinski definition) is 2. The molecule has 1 fully saturated rings. The predicted molar refractivity (Wildman–Crippen MR) is 73.3 cm³/mol. The molecule has 0 saturated carbocycles. The van der Waals surface area contributed by atoms with E-state index >= 15 is 0 Å². The van der Waals surface area contributed by atoms with Gasteiger partial charge in [-0.15, -0.1) is 0 Å². The predicted octanol–water partition coefficient (Wildman–Crippen LogP) is 1.58. The SMILES string of the molecule is CCOc1cc(N)cc(C(=O)NC2CCOCC2)c1. The van der Waals surface area contributed by atoms with Crippen LogP contribution in [0.3, 0.4) is 0 Å². The fourth-order valence-electron chi connectivity index (χ4n) is 2.11. The molecule has 1 aromatic carbocycles. The smallest absolute Gasteiger partial charge is 0.251 e. The summed E-state index contributed by atoms with van der Waals surface area (Å²) in [5.74, 6) is 0.514. The van der Waals surface area contributed by atoms with Crippen molar-refractivity contribution < 1.29 is 14.3 Å². The molecular formula is C14H20N2O3. The van der Waals surface area contributed by atoms with E-state index in [-0.39, 0.29) is 11.9 Å². The van der Waals surface area contributed by atoms with Crippen molar-refractivity contribution in [3.63, 3.8) is 0 Å². The van der Waals surface area contributed by atoms with Crippen LogP contribution < -0.4 is 15.8 Å². The number of carbonyl (C=O) groups is 1. The largest absolute Gasteiger partial charge is 0.494 e. The third-order valence-electron chi connectivity index (χ3n) is 3.06. The highest BCUT2D eigenvalue weighted by atomic mass is 16.5. The molecule has 1 aromatic rings. The van der Waals surface area contributed by atoms with Crippen molar-refractivity contribution in [3.05, 3.63) is 23.8 Å². The molecule has 0 spiro atoms. The van der Waals surface area contributed by atoms with Gasteiger partial charge in [-0.2, -0.15) is 0 Å². The van der Waals surface area contributed by atoms with E-state index in [1.54, 1.807) is 18.2 Å². The van der Waals surface area contributed by atoms with E-state index in [0.717, 1.165) is 12.8 Å². The number of nitrogens with one attached hydrogen (secondary N) is 1. The Balaban J connectivity index is 2.05. The second-order valence-electron chi connectivity index (χ2n) is 4.58. The van der Waals surface area contributed by atoms with Gasteiger partial charge < -0.3 is 20.5 Å². The molecule has 0 aromatic heterocycles. The third kappa shape index (κ3) is 3.86. The van der Waals surface area contributed by atoms with Crippen LogP contribution in [0.25, 0.3) is 0 Å². The van der Waals surface area contributed by atoms with E-state index in [2.05, 4.69) is 5.32 Å². The van der Waals surface area contributed by atoms with Crippen LogP contribution in [0.5, 0.6) is 5.75 Å². The summed E-state index contributed by atoms with van der Waals surface area (Å²) in [5, 5.41) is 3.00. The maximum atomic E-state index is 12.2. The highest BCUT2D eigenvalue weighted by Crippen LogP contribution is 2.19. The number of nitrogens with two attached hydrogens (primary N) is 1. The molecule has 1 saturated heterocycles. The summed E-state index contributed by atoms with van der Waals surface area (Å²) in [4.78, 5) is 12.2. The van der Waals surface area contributed by atoms with Gasteiger partial charge in [0.1, 0.15) is 5.75 Å². The minimum atomic E-state index is -0.111. The van der Waals surface area contributed by atoms with E-state index in [0.29, 0.717) is 36.8 Å². The molecule has 1 heterocycles. The first-order valence-electron chi connectivity index (χ1n) is 6.61. The minimum Gasteiger partial charge on any atom is -0.494 e. The Labute approximate surface area is 113 Å². The second-order valence-corrected chi connectivity index (χ2v) is 4.58. The Kier molecular flexibility index (Phi) is 4.63. The van der Waals surface area contributed by atoms with Crippen LogP contribution in [0.1, 0.15) is 30.1 Å². The number of amides is 1. The zero-order valence-corrected chi connectivity index (χ0v) is 11.1. The summed E-state index contributed by atoms with van der Waals surface area (Å²) in [5.41, 5.74) is 6.85. The topological polar surface area (TPSA) is 73.6 Å². The van der Waals surface area contributed by atoms with E-state index < -0.39 is 0 Å². The number of nitrogen functional groups attached to an aromatic ring is 1. The summed E-state index contributed by atoms with van der Waals surface area (Å²) in [6.07, 6.45) is 1.71. The lowest BCUT2D eigenvalue weighted by Crippen LogP contribution is -2.38. The van der Waals surface area contributed by atoms with Gasteiger partial charge in [0.25, 0.3) is 5.91 Å². The quantitative estimate of drug-likeness (QED) is 0.810. The van der Waals surface area contributed by atoms with Crippen LogP contribution in [0.2, 0.25) is 0 Å². The molecule has 1 aliphatic heterocycles. The molecule has 3 N–H and O–H groups in total. The van der Waals surface area contributed by atoms with Crippen molar-refractivity contribution in [1.29, 1.82) is 0 Å². The monoisotopic (exact) mass is 264 g/mol. The first-order valence-corrected chi connectivity index (χ1v) is 6.61. The molecule has 0 bridgehead atoms. The first kappa shape index (κ1) is 13.7. The van der Waals surface area contributed by atoms with Crippen molar-refractivity contribution in [1.82, 2.24) is 5.32 Å². The summed E-state index contributed by atoms with van der Waals surface area (Å²) >= 11 is 0. The minimum absolute atomic E-state index is 0.111. The lowest BCUT2D eigenvalue weighted by atomic mass is 10.1. The molecular weight excluding hydrogens is 244 g/mol. The Morgan fingerprint density at radius 3 is 2.84 bits per heavy atom. The van der Waals surface area contributed by atoms with Crippen LogP contribution in [-0.4, -0.2) is 31.8 Å². The summed E-state index contributed by atoms with van der Waals surface area (Å²) in [7, 11) is 0. The van der Waals surface area contributed by atoms with Crippen LogP contribution >= 0.6 is 0 Å². The second kappa shape index (κ2) is 6.43. The molecule has 1 aliphatic rings. The third-order valence-corrected chi connectivity index (χ3v) is 3.06. The Morgan fingerprint density at radius 1 is 1.42 bits per heavy atom. The number of benzene rings is 1. The fourth-order valence-corrected chi connectivity index (χ4v) is 2.11. The van der Waals surface area contributed by atoms with Crippen molar-refractivity contribution in [2.75, 3.05) is 25.6 Å². The summed E-state index contributed by atoms with van der Waals surface area (Å²) in [6, 6.07) is 5.28. The molecule has 0 unspecified atom stereocenters. The number of ether oxygens (including phenoxy) is 2. The highest BCUT2D eigenvalue weighted by molar-refractivity contribution is 5.95. The van der Waals surface area contributed by atoms with Gasteiger partial charge in [0.05, 0.1) is 6.61 Å². The van der Waals surface area contributed by atoms with Crippen LogP contribution in [0, 0.1) is 0 Å². The van der Waals surface area contributed by atoms with Gasteiger partial charge in [-0.1, -0.05) is 0 Å². The number of carbonyl (C=O) groups excluding carboxylic acids is 1. The number of anilines is 1. The standard InChI is InChI=1S/C14H20N2O3/c1-2-19-13-8-10(7-11(15)9-13)14(17)16-12-3-5-18-6-4-12/h7-9,12H,2-6,15H2,1H3,(H,16,17). The van der Waals surface area contributed by atoms with Gasteiger partial charge in [0.2, 0.25) is 0 Å². The van der Waals surface area contributed by atoms with E-state index in [4.69, 9.17) is 15.2 Å². The Morgan fingerprint density at radius 2 is 2.16 bits per heavy atom. The number of hydrogen-bond acceptors (Lipinski definition) is 4. The molecule has 1 amide bonds. The fraction of sp³-hybridized carbons (Fsp3) is 0.500. The maximum Gasteiger partial charge on any atom is 0.251 e. The first-order chi connectivity index (χ1) is 9.19. The van der Waals surface area contributed by atoms with Crippen molar-refractivity contribution >= 4 is 11.6 Å². The molecule has 19 heavy (non-hydrogen) atoms. The molecule has 5 nitrogen and oxygen atoms in total. The average molecular weight is 264 g/mol. The Bertz CT molecular complexity index is 442. The molecule has 2 rings (SSSR count). The van der Waals surface area contributed by atoms with E-state index in [9.17, 15) is 4.79 Å². The summed E-state index contributed by atoms with van der Waals surface area (Å²) in [6.45, 7) is 3.84. The average Bonchev–Trinajstić information content (AvgIpc) is 2.39. The van der Waals surface area contributed by atoms with Gasteiger partial charge in [0, 0.05) is 36.6 Å². The summed E-state index contributed by atoms with van der Waals surface area (Å²) < 4.78 is 10.7. The van der Waals surface area contributed by atoms with Crippen LogP contribution in [0.4, 0.5) is 5.69 Å². The number of rotatable bonds is 4. The van der Waals surface area contributed by atoms with Crippen LogP contribution in [-0.2, 0) is 4.74 Å². The van der Waals surface area contributed by atoms with Gasteiger partial charge in [-0.25, -0.2) is 0 Å². The van der Waals surface area contributed by atoms with Crippen LogP contribution in [0.15, 0.2) is 18.2 Å². The molecule has 0 aliphatic carbocycles. The maximum absolute atomic E-state index is 12.2. The van der Waals surface area contributed by atoms with Gasteiger partial charge >= 0.3 is 0 Å². The van der Waals surface area contributed by atoms with Gasteiger partial charge in [-0.05, 0) is 31.9 Å². The van der Waals surface area contributed by atoms with E-state index in [1.165, 1.54) is 0 Å². The highest BCUT2D eigenvalue weighted by Gasteiger charge is 2.17. The molecule has 5 heteroatoms. The molecule has 104 valence electrons. The van der Waals surface area contributed by atoms with Crippen molar-refractivity contribution in [2.24, 2.45) is 0 Å². The lowest BCUT2D eigenvalue weighted by Gasteiger charge is -2.23. The molecule has 0 radical (unpaired) electrons. The Hall–Kier alpha value is -1.75.